The lowest BCUT2D eigenvalue weighted by Crippen LogP contribution is -2.40. The van der Waals surface area contributed by atoms with Crippen molar-refractivity contribution in [2.75, 3.05) is 19.6 Å². The number of nitrogens with zero attached hydrogens (tertiary/aromatic N) is 1. The van der Waals surface area contributed by atoms with Gasteiger partial charge in [0.25, 0.3) is 5.91 Å². The number of carbonyl (C=O) groups is 1. The lowest BCUT2D eigenvalue weighted by molar-refractivity contribution is 0.0899. The molecule has 0 unspecified atom stereocenters. The summed E-state index contributed by atoms with van der Waals surface area (Å²) in [4.78, 5) is 29.0. The molecule has 3 aromatic rings. The summed E-state index contributed by atoms with van der Waals surface area (Å²) in [6, 6.07) is 11.2. The molecule has 2 aromatic heterocycles. The van der Waals surface area contributed by atoms with Crippen LogP contribution in [0, 0.1) is 0 Å². The topological polar surface area (TPSA) is 62.6 Å². The normalized spacial score (nSPS) is 16.0. The molecule has 1 saturated heterocycles. The second kappa shape index (κ2) is 8.93. The number of fused-ring (bicyclic) bond motifs is 1. The molecule has 0 bridgehead atoms. The number of hydrogen-bond donors (Lipinski definition) is 1. The van der Waals surface area contributed by atoms with E-state index in [1.165, 1.54) is 30.2 Å². The highest BCUT2D eigenvalue weighted by Crippen LogP contribution is 2.27. The molecule has 1 aromatic carbocycles. The summed E-state index contributed by atoms with van der Waals surface area (Å²) in [7, 11) is 0. The van der Waals surface area contributed by atoms with E-state index in [1.54, 1.807) is 17.4 Å². The summed E-state index contributed by atoms with van der Waals surface area (Å²) in [6.07, 6.45) is 4.49. The van der Waals surface area contributed by atoms with Gasteiger partial charge in [-0.2, -0.15) is 0 Å². The highest BCUT2D eigenvalue weighted by Gasteiger charge is 2.24. The fourth-order valence-electron chi connectivity index (χ4n) is 3.93. The molecule has 1 amide bonds. The molecule has 3 heterocycles. The summed E-state index contributed by atoms with van der Waals surface area (Å²) in [5.74, 6) is -0.280. The minimum absolute atomic E-state index is 0.0651. The molecule has 4 rings (SSSR count). The van der Waals surface area contributed by atoms with Crippen molar-refractivity contribution in [3.8, 4) is 0 Å². The van der Waals surface area contributed by atoms with Crippen LogP contribution in [0.4, 0.5) is 0 Å². The van der Waals surface area contributed by atoms with Gasteiger partial charge in [-0.05, 0) is 61.5 Å². The maximum Gasteiger partial charge on any atom is 0.287 e. The standard InChI is InChI=1S/C23H26N2O3S/c1-2-16-8-9-20-17(13-16)19(26)14-21(28-20)23(27)24-15-18(22-7-6-12-29-22)25-10-4-3-5-11-25/h6-9,12-14,18H,2-5,10-11,15H2,1H3,(H,24,27)/t18-/m0/s1. The molecule has 152 valence electrons. The average Bonchev–Trinajstić information content (AvgIpc) is 3.29. The monoisotopic (exact) mass is 410 g/mol. The first-order chi connectivity index (χ1) is 14.2. The molecule has 29 heavy (non-hydrogen) atoms. The number of benzene rings is 1. The van der Waals surface area contributed by atoms with Crippen molar-refractivity contribution in [1.29, 1.82) is 0 Å². The highest BCUT2D eigenvalue weighted by atomic mass is 32.1. The first-order valence-electron chi connectivity index (χ1n) is 10.3. The first-order valence-corrected chi connectivity index (χ1v) is 11.2. The Bertz CT molecular complexity index is 1040. The zero-order chi connectivity index (χ0) is 20.2. The molecule has 0 radical (unpaired) electrons. The van der Waals surface area contributed by atoms with E-state index in [0.717, 1.165) is 25.1 Å². The van der Waals surface area contributed by atoms with Crippen molar-refractivity contribution < 1.29 is 9.21 Å². The van der Waals surface area contributed by atoms with Crippen LogP contribution < -0.4 is 10.7 Å². The summed E-state index contributed by atoms with van der Waals surface area (Å²) in [5, 5.41) is 5.58. The molecule has 6 heteroatoms. The lowest BCUT2D eigenvalue weighted by Gasteiger charge is -2.34. The quantitative estimate of drug-likeness (QED) is 0.655. The summed E-state index contributed by atoms with van der Waals surface area (Å²) in [6.45, 7) is 4.62. The third-order valence-electron chi connectivity index (χ3n) is 5.58. The lowest BCUT2D eigenvalue weighted by atomic mass is 10.1. The van der Waals surface area contributed by atoms with Crippen LogP contribution in [0.3, 0.4) is 0 Å². The van der Waals surface area contributed by atoms with Crippen LogP contribution in [-0.2, 0) is 6.42 Å². The maximum atomic E-state index is 12.8. The maximum absolute atomic E-state index is 12.8. The molecule has 5 nitrogen and oxygen atoms in total. The Labute approximate surface area is 174 Å². The number of hydrogen-bond acceptors (Lipinski definition) is 5. The van der Waals surface area contributed by atoms with Gasteiger partial charge in [0.05, 0.1) is 11.4 Å². The van der Waals surface area contributed by atoms with E-state index in [4.69, 9.17) is 4.42 Å². The predicted octanol–water partition coefficient (Wildman–Crippen LogP) is 4.37. The summed E-state index contributed by atoms with van der Waals surface area (Å²) < 4.78 is 5.75. The predicted molar refractivity (Wildman–Crippen MR) is 117 cm³/mol. The second-order valence-electron chi connectivity index (χ2n) is 7.50. The van der Waals surface area contributed by atoms with E-state index in [9.17, 15) is 9.59 Å². The number of amides is 1. The molecule has 1 atom stereocenters. The molecule has 1 aliphatic heterocycles. The van der Waals surface area contributed by atoms with E-state index in [-0.39, 0.29) is 23.1 Å². The van der Waals surface area contributed by atoms with Gasteiger partial charge >= 0.3 is 0 Å². The number of rotatable bonds is 6. The number of piperidine rings is 1. The number of nitrogens with one attached hydrogen (secondary N) is 1. The fourth-order valence-corrected chi connectivity index (χ4v) is 4.79. The number of aryl methyl sites for hydroxylation is 1. The van der Waals surface area contributed by atoms with Crippen LogP contribution in [0.2, 0.25) is 0 Å². The zero-order valence-corrected chi connectivity index (χ0v) is 17.5. The van der Waals surface area contributed by atoms with Gasteiger partial charge in [0.1, 0.15) is 5.58 Å². The van der Waals surface area contributed by atoms with E-state index in [1.807, 2.05) is 25.1 Å². The van der Waals surface area contributed by atoms with Crippen molar-refractivity contribution in [2.45, 2.75) is 38.6 Å². The molecule has 0 spiro atoms. The molecular weight excluding hydrogens is 384 g/mol. The zero-order valence-electron chi connectivity index (χ0n) is 16.6. The number of carbonyl (C=O) groups excluding carboxylic acids is 1. The van der Waals surface area contributed by atoms with Gasteiger partial charge in [-0.3, -0.25) is 14.5 Å². The van der Waals surface area contributed by atoms with Gasteiger partial charge in [-0.15, -0.1) is 11.3 Å². The Kier molecular flexibility index (Phi) is 6.11. The molecule has 1 N–H and O–H groups in total. The van der Waals surface area contributed by atoms with E-state index >= 15 is 0 Å². The Morgan fingerprint density at radius 1 is 1.21 bits per heavy atom. The Morgan fingerprint density at radius 3 is 2.76 bits per heavy atom. The van der Waals surface area contributed by atoms with Gasteiger partial charge in [0, 0.05) is 17.5 Å². The van der Waals surface area contributed by atoms with Crippen LogP contribution in [0.15, 0.2) is 51.0 Å². The smallest absolute Gasteiger partial charge is 0.287 e. The van der Waals surface area contributed by atoms with E-state index < -0.39 is 0 Å². The third kappa shape index (κ3) is 4.43. The van der Waals surface area contributed by atoms with Gasteiger partial charge in [0.15, 0.2) is 11.2 Å². The van der Waals surface area contributed by atoms with Crippen LogP contribution in [-0.4, -0.2) is 30.4 Å². The van der Waals surface area contributed by atoms with Gasteiger partial charge in [-0.25, -0.2) is 0 Å². The fraction of sp³-hybridized carbons (Fsp3) is 0.391. The van der Waals surface area contributed by atoms with Crippen molar-refractivity contribution in [3.05, 3.63) is 68.2 Å². The van der Waals surface area contributed by atoms with E-state index in [2.05, 4.69) is 21.7 Å². The molecule has 1 fully saturated rings. The van der Waals surface area contributed by atoms with Crippen molar-refractivity contribution in [3.63, 3.8) is 0 Å². The van der Waals surface area contributed by atoms with Gasteiger partial charge in [-0.1, -0.05) is 25.5 Å². The largest absolute Gasteiger partial charge is 0.451 e. The van der Waals surface area contributed by atoms with Crippen LogP contribution in [0.1, 0.15) is 53.2 Å². The summed E-state index contributed by atoms with van der Waals surface area (Å²) in [5.41, 5.74) is 1.34. The number of thiophene rings is 1. The average molecular weight is 411 g/mol. The minimum Gasteiger partial charge on any atom is -0.451 e. The minimum atomic E-state index is -0.345. The Morgan fingerprint density at radius 2 is 2.03 bits per heavy atom. The Hall–Kier alpha value is -2.44. The van der Waals surface area contributed by atoms with Gasteiger partial charge in [0.2, 0.25) is 0 Å². The first kappa shape index (κ1) is 19.9. The third-order valence-corrected chi connectivity index (χ3v) is 6.56. The van der Waals surface area contributed by atoms with E-state index in [0.29, 0.717) is 17.5 Å². The number of likely N-dealkylation sites (tertiary alicyclic amines) is 1. The molecule has 0 aliphatic carbocycles. The SMILES string of the molecule is CCc1ccc2oc(C(=O)NC[C@@H](c3cccs3)N3CCCCC3)cc(=O)c2c1. The second-order valence-corrected chi connectivity index (χ2v) is 8.48. The van der Waals surface area contributed by atoms with Crippen molar-refractivity contribution in [2.24, 2.45) is 0 Å². The van der Waals surface area contributed by atoms with Gasteiger partial charge < -0.3 is 9.73 Å². The van der Waals surface area contributed by atoms with Crippen LogP contribution in [0.25, 0.3) is 11.0 Å². The van der Waals surface area contributed by atoms with Crippen LogP contribution in [0.5, 0.6) is 0 Å². The molecular formula is C23H26N2O3S. The molecule has 1 aliphatic rings. The van der Waals surface area contributed by atoms with Crippen LogP contribution >= 0.6 is 11.3 Å². The van der Waals surface area contributed by atoms with Crippen molar-refractivity contribution in [1.82, 2.24) is 10.2 Å². The Balaban J connectivity index is 1.52. The molecule has 0 saturated carbocycles. The summed E-state index contributed by atoms with van der Waals surface area (Å²) >= 11 is 1.71. The van der Waals surface area contributed by atoms with Crippen molar-refractivity contribution >= 4 is 28.2 Å². The highest BCUT2D eigenvalue weighted by molar-refractivity contribution is 7.10.